The van der Waals surface area contributed by atoms with Gasteiger partial charge in [-0.15, -0.1) is 5.48 Å². The average molecular weight is 689 g/mol. The van der Waals surface area contributed by atoms with Crippen LogP contribution >= 0.6 is 11.6 Å². The summed E-state index contributed by atoms with van der Waals surface area (Å²) in [7, 11) is 7.71. The van der Waals surface area contributed by atoms with Crippen molar-refractivity contribution in [2.45, 2.75) is 6.17 Å². The Labute approximate surface area is 286 Å². The van der Waals surface area contributed by atoms with Crippen molar-refractivity contribution in [3.63, 3.8) is 0 Å². The average Bonchev–Trinajstić information content (AvgIpc) is 3.63. The number of hydroxylamine groups is 1. The number of fused-ring (bicyclic) bond motifs is 1. The minimum absolute atomic E-state index is 0.0368. The predicted molar refractivity (Wildman–Crippen MR) is 181 cm³/mol. The number of amides is 1. The number of benzene rings is 4. The van der Waals surface area contributed by atoms with Crippen molar-refractivity contribution in [3.05, 3.63) is 88.9 Å². The van der Waals surface area contributed by atoms with Gasteiger partial charge in [0.05, 0.1) is 41.1 Å². The number of carbonyl (C=O) groups is 1. The molecule has 13 nitrogen and oxygen atoms in total. The monoisotopic (exact) mass is 688 g/mol. The number of ether oxygens (including phenoxy) is 6. The number of halogens is 1. The summed E-state index contributed by atoms with van der Waals surface area (Å²) < 4.78 is 39.0. The Bertz CT molecular complexity index is 1960. The molecule has 1 aromatic heterocycles. The lowest BCUT2D eigenvalue weighted by Crippen LogP contribution is -2.38. The largest absolute Gasteiger partial charge is 0.493 e. The van der Waals surface area contributed by atoms with Crippen molar-refractivity contribution in [3.8, 4) is 62.8 Å². The molecule has 1 unspecified atom stereocenters. The van der Waals surface area contributed by atoms with Crippen LogP contribution in [0.5, 0.6) is 40.2 Å². The molecule has 4 aromatic carbocycles. The van der Waals surface area contributed by atoms with Gasteiger partial charge in [-0.3, -0.25) is 4.79 Å². The fourth-order valence-corrected chi connectivity index (χ4v) is 5.45. The first-order valence-electron chi connectivity index (χ1n) is 14.9. The van der Waals surface area contributed by atoms with Crippen LogP contribution < -0.4 is 49.4 Å². The van der Waals surface area contributed by atoms with E-state index < -0.39 is 6.17 Å². The van der Waals surface area contributed by atoms with Crippen LogP contribution in [-0.4, -0.2) is 53.3 Å². The molecule has 254 valence electrons. The molecule has 0 aliphatic carbocycles. The van der Waals surface area contributed by atoms with Gasteiger partial charge in [0, 0.05) is 27.9 Å². The predicted octanol–water partition coefficient (Wildman–Crippen LogP) is 6.48. The lowest BCUT2D eigenvalue weighted by Gasteiger charge is -2.28. The molecule has 3 N–H and O–H groups in total. The van der Waals surface area contributed by atoms with Crippen LogP contribution in [-0.2, 0) is 0 Å². The molecule has 6 rings (SSSR count). The summed E-state index contributed by atoms with van der Waals surface area (Å²) in [6.45, 7) is -0.0368. The lowest BCUT2D eigenvalue weighted by molar-refractivity contribution is 0.0935. The van der Waals surface area contributed by atoms with Crippen molar-refractivity contribution >= 4 is 23.2 Å². The standard InChI is InChI=1S/C35H33ClN4O9/c1-42-26-10-6-19(25-17-28(49-40-25)21-14-31(44-3)33(46-5)32(15-21)45-4)12-30(26)48-37-18-47-27-11-7-20(13-29(27)43-2)34-38-24-9-8-22(36)16-23(24)35(41)39-34/h6-17,34,37-38H,18H2,1-5H3,(H,39,41). The molecule has 2 heterocycles. The normalized spacial score (nSPS) is 13.4. The Morgan fingerprint density at radius 2 is 1.45 bits per heavy atom. The van der Waals surface area contributed by atoms with E-state index >= 15 is 0 Å². The van der Waals surface area contributed by atoms with Crippen LogP contribution in [0.3, 0.4) is 0 Å². The molecule has 1 aliphatic rings. The Morgan fingerprint density at radius 3 is 2.16 bits per heavy atom. The second kappa shape index (κ2) is 14.5. The second-order valence-electron chi connectivity index (χ2n) is 10.5. The van der Waals surface area contributed by atoms with Crippen molar-refractivity contribution in [1.29, 1.82) is 0 Å². The number of hydrogen-bond acceptors (Lipinski definition) is 12. The fourth-order valence-electron chi connectivity index (χ4n) is 5.28. The van der Waals surface area contributed by atoms with Crippen LogP contribution in [0.15, 0.2) is 77.3 Å². The maximum absolute atomic E-state index is 12.7. The van der Waals surface area contributed by atoms with Gasteiger partial charge in [-0.05, 0) is 66.2 Å². The Balaban J connectivity index is 1.12. The second-order valence-corrected chi connectivity index (χ2v) is 11.0. The highest BCUT2D eigenvalue weighted by atomic mass is 35.5. The maximum atomic E-state index is 12.7. The van der Waals surface area contributed by atoms with E-state index in [0.29, 0.717) is 79.1 Å². The molecule has 0 bridgehead atoms. The van der Waals surface area contributed by atoms with E-state index in [4.69, 9.17) is 49.4 Å². The molecule has 0 saturated heterocycles. The summed E-state index contributed by atoms with van der Waals surface area (Å²) in [4.78, 5) is 18.5. The summed E-state index contributed by atoms with van der Waals surface area (Å²) in [5.41, 5.74) is 6.70. The van der Waals surface area contributed by atoms with E-state index in [0.717, 1.165) is 5.56 Å². The quantitative estimate of drug-likeness (QED) is 0.0708. The molecule has 5 aromatic rings. The number of anilines is 1. The third-order valence-corrected chi connectivity index (χ3v) is 7.95. The lowest BCUT2D eigenvalue weighted by atomic mass is 10.1. The molecule has 0 radical (unpaired) electrons. The maximum Gasteiger partial charge on any atom is 0.255 e. The van der Waals surface area contributed by atoms with Crippen LogP contribution in [0.1, 0.15) is 22.1 Å². The molecule has 14 heteroatoms. The number of nitrogens with zero attached hydrogens (tertiary/aromatic N) is 1. The molecular formula is C35H33ClN4O9. The Kier molecular flexibility index (Phi) is 9.83. The van der Waals surface area contributed by atoms with Crippen molar-refractivity contribution in [2.75, 3.05) is 47.6 Å². The Hall–Kier alpha value is -5.79. The topological polar surface area (TPSA) is 144 Å². The summed E-state index contributed by atoms with van der Waals surface area (Å²) in [5, 5.41) is 11.0. The van der Waals surface area contributed by atoms with Gasteiger partial charge in [0.2, 0.25) is 5.75 Å². The molecular weight excluding hydrogens is 656 g/mol. The van der Waals surface area contributed by atoms with Gasteiger partial charge in [0.1, 0.15) is 11.9 Å². The van der Waals surface area contributed by atoms with Crippen LogP contribution in [0.4, 0.5) is 5.69 Å². The smallest absolute Gasteiger partial charge is 0.255 e. The van der Waals surface area contributed by atoms with Gasteiger partial charge in [-0.25, -0.2) is 0 Å². The summed E-state index contributed by atoms with van der Waals surface area (Å²) in [5.74, 6) is 3.51. The van der Waals surface area contributed by atoms with Crippen LogP contribution in [0.25, 0.3) is 22.6 Å². The number of methoxy groups -OCH3 is 5. The van der Waals surface area contributed by atoms with E-state index in [1.165, 1.54) is 7.11 Å². The van der Waals surface area contributed by atoms with E-state index in [2.05, 4.69) is 21.3 Å². The summed E-state index contributed by atoms with van der Waals surface area (Å²) >= 11 is 6.06. The number of nitrogens with one attached hydrogen (secondary N) is 3. The van der Waals surface area contributed by atoms with E-state index in [1.54, 1.807) is 89.1 Å². The SMILES string of the molecule is COc1cc(C2NC(=O)c3cc(Cl)ccc3N2)ccc1OCNOc1cc(-c2cc(-c3cc(OC)c(OC)c(OC)c3)on2)ccc1OC. The highest BCUT2D eigenvalue weighted by molar-refractivity contribution is 6.31. The summed E-state index contributed by atoms with van der Waals surface area (Å²) in [6.07, 6.45) is -0.479. The number of aromatic nitrogens is 1. The Morgan fingerprint density at radius 1 is 0.735 bits per heavy atom. The van der Waals surface area contributed by atoms with Crippen LogP contribution in [0.2, 0.25) is 5.02 Å². The molecule has 0 saturated carbocycles. The zero-order valence-electron chi connectivity index (χ0n) is 27.2. The first kappa shape index (κ1) is 33.1. The van der Waals surface area contributed by atoms with E-state index in [-0.39, 0.29) is 12.6 Å². The van der Waals surface area contributed by atoms with E-state index in [1.807, 2.05) is 12.1 Å². The van der Waals surface area contributed by atoms with Gasteiger partial charge in [0.25, 0.3) is 5.91 Å². The molecule has 49 heavy (non-hydrogen) atoms. The van der Waals surface area contributed by atoms with Crippen molar-refractivity contribution in [2.24, 2.45) is 0 Å². The number of hydrogen-bond donors (Lipinski definition) is 3. The van der Waals surface area contributed by atoms with Crippen LogP contribution in [0, 0.1) is 0 Å². The molecule has 0 spiro atoms. The minimum atomic E-state index is -0.479. The molecule has 1 atom stereocenters. The van der Waals surface area contributed by atoms with Gasteiger partial charge >= 0.3 is 0 Å². The number of rotatable bonds is 13. The van der Waals surface area contributed by atoms with Gasteiger partial charge in [-0.1, -0.05) is 22.8 Å². The fraction of sp³-hybridized carbons (Fsp3) is 0.200. The van der Waals surface area contributed by atoms with Gasteiger partial charge in [0.15, 0.2) is 47.0 Å². The first-order chi connectivity index (χ1) is 23.8. The highest BCUT2D eigenvalue weighted by Crippen LogP contribution is 2.42. The molecule has 0 fully saturated rings. The van der Waals surface area contributed by atoms with Gasteiger partial charge in [-0.2, -0.15) is 0 Å². The third-order valence-electron chi connectivity index (χ3n) is 7.71. The number of carbonyl (C=O) groups excluding carboxylic acids is 1. The molecule has 1 amide bonds. The molecule has 1 aliphatic heterocycles. The zero-order chi connectivity index (χ0) is 34.5. The minimum Gasteiger partial charge on any atom is -0.493 e. The van der Waals surface area contributed by atoms with Crippen molar-refractivity contribution in [1.82, 2.24) is 16.0 Å². The highest BCUT2D eigenvalue weighted by Gasteiger charge is 2.26. The van der Waals surface area contributed by atoms with E-state index in [9.17, 15) is 4.79 Å². The zero-order valence-corrected chi connectivity index (χ0v) is 28.0. The third kappa shape index (κ3) is 6.93. The first-order valence-corrected chi connectivity index (χ1v) is 15.3. The van der Waals surface area contributed by atoms with Gasteiger partial charge < -0.3 is 48.4 Å². The summed E-state index contributed by atoms with van der Waals surface area (Å²) in [6, 6.07) is 21.2. The van der Waals surface area contributed by atoms with Crippen molar-refractivity contribution < 1.29 is 42.6 Å².